The van der Waals surface area contributed by atoms with Crippen LogP contribution in [-0.4, -0.2) is 108 Å². The quantitative estimate of drug-likeness (QED) is 0.0244. The van der Waals surface area contributed by atoms with Crippen LogP contribution in [0, 0.1) is 13.1 Å². The van der Waals surface area contributed by atoms with Crippen LogP contribution >= 0.6 is 94.4 Å². The maximum Gasteiger partial charge on any atom is 0.487 e. The van der Waals surface area contributed by atoms with Crippen LogP contribution in [0.2, 0.25) is 0 Å². The van der Waals surface area contributed by atoms with Gasteiger partial charge >= 0.3 is 7.12 Å². The highest BCUT2D eigenvalue weighted by Crippen LogP contribution is 2.55. The van der Waals surface area contributed by atoms with Crippen molar-refractivity contribution in [3.05, 3.63) is 323 Å². The molecule has 121 heavy (non-hydrogen) atoms. The number of hydrogen-bond acceptors (Lipinski definition) is 17. The molecule has 22 nitrogen and oxygen atoms in total. The van der Waals surface area contributed by atoms with Crippen molar-refractivity contribution in [2.45, 2.75) is 107 Å². The van der Waals surface area contributed by atoms with Crippen LogP contribution in [0.4, 0.5) is 11.4 Å². The number of likely N-dealkylation sites (N-methyl/N-ethyl adjacent to an activating group) is 3. The number of alkyl halides is 1. The molecule has 0 aliphatic carbocycles. The van der Waals surface area contributed by atoms with Crippen LogP contribution < -0.4 is 46.5 Å². The normalized spacial score (nSPS) is 22.0. The first-order chi connectivity index (χ1) is 58.4. The van der Waals surface area contributed by atoms with Gasteiger partial charge < -0.3 is 51.1 Å². The van der Waals surface area contributed by atoms with Crippen LogP contribution in [0.3, 0.4) is 0 Å². The van der Waals surface area contributed by atoms with Gasteiger partial charge in [0.2, 0.25) is 0 Å². The first-order valence-corrected chi connectivity index (χ1v) is 44.5. The third kappa shape index (κ3) is 18.3. The minimum Gasteiger partial charge on any atom is -0.485 e. The number of benzene rings is 10. The highest BCUT2D eigenvalue weighted by molar-refractivity contribution is 14.1. The fourth-order valence-corrected chi connectivity index (χ4v) is 18.1. The fraction of sp³-hybridized carbons (Fsp3) is 0.239. The maximum atomic E-state index is 13.6. The van der Waals surface area contributed by atoms with E-state index in [2.05, 4.69) is 110 Å². The molecule has 616 valence electrons. The summed E-state index contributed by atoms with van der Waals surface area (Å²) >= 11 is 19.6. The van der Waals surface area contributed by atoms with Gasteiger partial charge in [-0.25, -0.2) is 24.7 Å². The van der Waals surface area contributed by atoms with Gasteiger partial charge in [0.05, 0.1) is 13.1 Å². The molecule has 1 saturated heterocycles. The van der Waals surface area contributed by atoms with E-state index in [1.54, 1.807) is 36.0 Å². The molecule has 4 spiro atoms. The number of amidine groups is 1. The van der Waals surface area contributed by atoms with Crippen molar-refractivity contribution in [1.29, 1.82) is 0 Å². The molecule has 10 aromatic rings. The van der Waals surface area contributed by atoms with Gasteiger partial charge in [0.25, 0.3) is 23.6 Å². The fourth-order valence-electron chi connectivity index (χ4n) is 15.9. The number of nitrogens with one attached hydrogen (secondary N) is 2. The molecule has 1 fully saturated rings. The summed E-state index contributed by atoms with van der Waals surface area (Å²) < 4.78 is 29.0. The second-order valence-electron chi connectivity index (χ2n) is 28.8. The Kier molecular flexibility index (Phi) is 28.1. The first kappa shape index (κ1) is 88.1. The van der Waals surface area contributed by atoms with Crippen molar-refractivity contribution in [3.63, 3.8) is 0 Å². The molecule has 8 aliphatic heterocycles. The Hall–Kier alpha value is -10.7. The summed E-state index contributed by atoms with van der Waals surface area (Å²) in [6.07, 6.45) is 0.767. The van der Waals surface area contributed by atoms with Crippen LogP contribution in [0.15, 0.2) is 271 Å². The zero-order chi connectivity index (χ0) is 85.9. The van der Waals surface area contributed by atoms with E-state index in [4.69, 9.17) is 75.8 Å². The maximum absolute atomic E-state index is 13.6. The Morgan fingerprint density at radius 1 is 0.488 bits per heavy atom. The lowest BCUT2D eigenvalue weighted by Crippen LogP contribution is -2.48. The molecule has 0 saturated carbocycles. The Morgan fingerprint density at radius 2 is 0.851 bits per heavy atom. The van der Waals surface area contributed by atoms with Crippen molar-refractivity contribution < 1.29 is 48.2 Å². The summed E-state index contributed by atoms with van der Waals surface area (Å²) in [6, 6.07) is 76.4. The molecule has 8 unspecified atom stereocenters. The van der Waals surface area contributed by atoms with Crippen molar-refractivity contribution in [1.82, 2.24) is 25.3 Å². The van der Waals surface area contributed by atoms with E-state index >= 15 is 0 Å². The molecular formula is C92H85BBr3IN12O10S2. The van der Waals surface area contributed by atoms with Crippen molar-refractivity contribution in [3.8, 4) is 34.1 Å². The van der Waals surface area contributed by atoms with Gasteiger partial charge in [-0.3, -0.25) is 33.9 Å². The third-order valence-corrected chi connectivity index (χ3v) is 24.1. The standard InChI is InChI=1S/C26H22N4O2.C21H21BrN2O2S.C19H18BrN3O2.C17H13BrN2O2S.C7H6BNO2.C2H5I/c1-3-30-24(31)26(29-25(30)27)16-23(17-8-5-4-6-9-17)32-22-13-12-19(15-21(22)26)18-10-7-11-20(14-18)28-2;1-3-24-19(25)21(23-20(24)27-4-2)13-18(14-8-6-5-7-9-14)26-17-11-10-15(22)12-16(17)21;1-2-23-17(24)19(22-18(23)21)11-16(12-6-4-3-5-7-12)25-15-9-8-13(20)10-14(15)19;18-11-6-7-13-12(8-11)17(15(21)19-16(23)20-17)9-14(22-13)10-4-2-1-3-5-10;1-9-7-4-2-3-6(5-7)8(10)11;1-2-3/h4-15,23H,3,16H2,1H3,(H2,27,29);5-12,18H,3-4,13H2,1-2H3;3-10,16H,2,11H2,1H3,(H2,21,22);1-8,14H,9H2,(H2,19,20,21,23);2-5,10-11H;2H2,1H3. The first-order valence-electron chi connectivity index (χ1n) is 39.2. The lowest BCUT2D eigenvalue weighted by Gasteiger charge is -2.38. The number of aliphatic imine (C=N–C) groups is 3. The van der Waals surface area contributed by atoms with E-state index in [0.29, 0.717) is 90.1 Å². The van der Waals surface area contributed by atoms with Crippen LogP contribution in [0.5, 0.6) is 23.0 Å². The molecule has 8 atom stereocenters. The molecule has 0 aromatic heterocycles. The van der Waals surface area contributed by atoms with Crippen LogP contribution in [0.1, 0.15) is 129 Å². The summed E-state index contributed by atoms with van der Waals surface area (Å²) in [5.41, 5.74) is 18.6. The molecule has 0 radical (unpaired) electrons. The van der Waals surface area contributed by atoms with Crippen molar-refractivity contribution >= 4 is 164 Å². The zero-order valence-corrected chi connectivity index (χ0v) is 75.1. The second-order valence-corrected chi connectivity index (χ2v) is 34.7. The van der Waals surface area contributed by atoms with E-state index < -0.39 is 29.3 Å². The largest absolute Gasteiger partial charge is 0.487 e. The SMILES string of the molecule is CCI.CCN1C(=O)C2(CC(c3ccccc3)Oc3ccc(Br)cc32)N=C1N.CCSC1=NC2(CC(c3ccccc3)Oc3ccc(Br)cc32)C(=O)N1CC.O=C1NC(=S)NC12CC(c1ccccc1)Oc1ccc(Br)cc12.[C-]#[N+]c1cccc(-c2ccc3c(c2)C2(CC(c4ccccc4)O3)N=C(N)N(CC)C2=O)c1.[C-]#[N+]c1cccc(B(O)O)c1. The number of carbonyl (C=O) groups excluding carboxylic acids is 4. The summed E-state index contributed by atoms with van der Waals surface area (Å²) in [7, 11) is -1.49. The van der Waals surface area contributed by atoms with Crippen LogP contribution in [0.25, 0.3) is 20.8 Å². The van der Waals surface area contributed by atoms with Gasteiger partial charge in [-0.05, 0) is 155 Å². The monoisotopic (exact) mass is 1960 g/mol. The number of thiocarbonyl (C=S) groups is 1. The Balaban J connectivity index is 0.000000133. The van der Waals surface area contributed by atoms with Gasteiger partial charge in [0, 0.05) is 81.0 Å². The lowest BCUT2D eigenvalue weighted by molar-refractivity contribution is -0.133. The predicted octanol–water partition coefficient (Wildman–Crippen LogP) is 17.8. The Morgan fingerprint density at radius 3 is 1.24 bits per heavy atom. The molecule has 18 rings (SSSR count). The highest BCUT2D eigenvalue weighted by Gasteiger charge is 2.58. The minimum absolute atomic E-state index is 0.0459. The smallest absolute Gasteiger partial charge is 0.485 e. The van der Waals surface area contributed by atoms with Crippen molar-refractivity contribution in [2.24, 2.45) is 26.4 Å². The zero-order valence-electron chi connectivity index (χ0n) is 66.6. The predicted molar refractivity (Wildman–Crippen MR) is 497 cm³/mol. The number of fused-ring (bicyclic) bond motifs is 8. The highest BCUT2D eigenvalue weighted by atomic mass is 127. The molecule has 8 aliphatic rings. The summed E-state index contributed by atoms with van der Waals surface area (Å²) in [4.78, 5) is 79.1. The molecule has 29 heteroatoms. The van der Waals surface area contributed by atoms with Crippen LogP contribution in [-0.2, 0) is 41.3 Å². The molecule has 8 N–H and O–H groups in total. The van der Waals surface area contributed by atoms with Gasteiger partial charge in [-0.15, -0.1) is 0 Å². The summed E-state index contributed by atoms with van der Waals surface area (Å²) in [5, 5.41) is 24.5. The number of ether oxygens (including phenoxy) is 4. The van der Waals surface area contributed by atoms with Gasteiger partial charge in [0.1, 0.15) is 47.4 Å². The minimum atomic E-state index is -1.49. The van der Waals surface area contributed by atoms with E-state index in [9.17, 15) is 19.2 Å². The number of amides is 4. The Bertz CT molecular complexity index is 5740. The summed E-state index contributed by atoms with van der Waals surface area (Å²) in [6.45, 7) is 25.5. The van der Waals surface area contributed by atoms with Gasteiger partial charge in [-0.2, -0.15) is 0 Å². The molecule has 0 bridgehead atoms. The number of hydrogen-bond donors (Lipinski definition) is 6. The van der Waals surface area contributed by atoms with Crippen molar-refractivity contribution in [2.75, 3.05) is 29.8 Å². The topological polar surface area (TPSA) is 277 Å². The second kappa shape index (κ2) is 38.6. The van der Waals surface area contributed by atoms with Gasteiger partial charge in [0.15, 0.2) is 55.7 Å². The average molecular weight is 1960 g/mol. The molecule has 10 aromatic carbocycles. The number of halogens is 4. The lowest BCUT2D eigenvalue weighted by atomic mass is 9.79. The number of nitrogens with two attached hydrogens (primary N) is 2. The number of nitrogens with zero attached hydrogens (tertiary/aromatic N) is 8. The molecule has 4 amide bonds. The van der Waals surface area contributed by atoms with Gasteiger partial charge in [-0.1, -0.05) is 266 Å². The van der Waals surface area contributed by atoms with E-state index in [0.717, 1.165) is 80.2 Å². The molecule has 8 heterocycles. The number of rotatable bonds is 10. The van der Waals surface area contributed by atoms with E-state index in [1.807, 2.05) is 238 Å². The third-order valence-electron chi connectivity index (χ3n) is 21.5. The number of carbonyl (C=O) groups is 4. The Labute approximate surface area is 751 Å². The number of thioether (sulfide) groups is 1. The van der Waals surface area contributed by atoms with E-state index in [1.165, 1.54) is 20.3 Å². The number of guanidine groups is 2. The summed E-state index contributed by atoms with van der Waals surface area (Å²) in [5.74, 6) is 3.80. The average Bonchev–Trinajstić information content (AvgIpc) is 1.62. The molecular weight excluding hydrogens is 1870 g/mol. The van der Waals surface area contributed by atoms with E-state index in [-0.39, 0.29) is 60.0 Å².